The minimum Gasteiger partial charge on any atom is -0.463 e. The Bertz CT molecular complexity index is 625. The van der Waals surface area contributed by atoms with Crippen molar-refractivity contribution < 1.29 is 42.9 Å². The highest BCUT2D eigenvalue weighted by atomic mass is 16.7. The van der Waals surface area contributed by atoms with Gasteiger partial charge in [-0.25, -0.2) is 0 Å². The first-order valence-electron chi connectivity index (χ1n) is 11.2. The predicted molar refractivity (Wildman–Crippen MR) is 113 cm³/mol. The standard InChI is InChI=1S/C22H37NO9/c1-6-7-11-23-19(27)10-8-9-12-28-22-14(2)20(30-16(4)25)21(31-17(5)26)18(32-22)13-29-15(3)24/h14,18,20-22H,6-13H2,1-5H3,(H,23,27)/t14-,18-,20-,21+,22-/m1/s1. The third-order valence-electron chi connectivity index (χ3n) is 4.93. The zero-order valence-electron chi connectivity index (χ0n) is 19.7. The molecule has 0 aromatic rings. The number of hydrogen-bond acceptors (Lipinski definition) is 9. The minimum absolute atomic E-state index is 0.0151. The van der Waals surface area contributed by atoms with Gasteiger partial charge in [0, 0.05) is 46.3 Å². The van der Waals surface area contributed by atoms with E-state index in [0.717, 1.165) is 12.8 Å². The van der Waals surface area contributed by atoms with Crippen molar-refractivity contribution in [1.82, 2.24) is 5.32 Å². The van der Waals surface area contributed by atoms with Crippen LogP contribution in [-0.4, -0.2) is 68.2 Å². The first kappa shape index (κ1) is 27.8. The van der Waals surface area contributed by atoms with E-state index < -0.39 is 48.4 Å². The smallest absolute Gasteiger partial charge is 0.303 e. The second kappa shape index (κ2) is 14.8. The largest absolute Gasteiger partial charge is 0.463 e. The second-order valence-electron chi connectivity index (χ2n) is 7.88. The third kappa shape index (κ3) is 10.4. The lowest BCUT2D eigenvalue weighted by molar-refractivity contribution is -0.288. The molecule has 1 rings (SSSR count). The van der Waals surface area contributed by atoms with Gasteiger partial charge in [-0.15, -0.1) is 0 Å². The van der Waals surface area contributed by atoms with Gasteiger partial charge in [0.1, 0.15) is 18.8 Å². The van der Waals surface area contributed by atoms with E-state index >= 15 is 0 Å². The van der Waals surface area contributed by atoms with Crippen molar-refractivity contribution in [2.24, 2.45) is 5.92 Å². The molecule has 1 N–H and O–H groups in total. The Morgan fingerprint density at radius 1 is 0.906 bits per heavy atom. The number of hydrogen-bond donors (Lipinski definition) is 1. The lowest BCUT2D eigenvalue weighted by atomic mass is 9.92. The molecule has 0 aromatic heterocycles. The number of carbonyl (C=O) groups excluding carboxylic acids is 4. The van der Waals surface area contributed by atoms with Crippen LogP contribution in [0.3, 0.4) is 0 Å². The average Bonchev–Trinajstić information content (AvgIpc) is 2.70. The van der Waals surface area contributed by atoms with Crippen molar-refractivity contribution in [2.45, 2.75) is 91.3 Å². The van der Waals surface area contributed by atoms with Gasteiger partial charge in [0.15, 0.2) is 12.4 Å². The first-order valence-corrected chi connectivity index (χ1v) is 11.2. The Kier molecular flexibility index (Phi) is 12.9. The third-order valence-corrected chi connectivity index (χ3v) is 4.93. The van der Waals surface area contributed by atoms with Crippen LogP contribution in [0.25, 0.3) is 0 Å². The van der Waals surface area contributed by atoms with Crippen LogP contribution >= 0.6 is 0 Å². The summed E-state index contributed by atoms with van der Waals surface area (Å²) in [5.74, 6) is -2.07. The van der Waals surface area contributed by atoms with Crippen molar-refractivity contribution in [1.29, 1.82) is 0 Å². The first-order chi connectivity index (χ1) is 15.1. The van der Waals surface area contributed by atoms with Crippen molar-refractivity contribution >= 4 is 23.8 Å². The van der Waals surface area contributed by atoms with Crippen LogP contribution in [-0.2, 0) is 42.9 Å². The lowest BCUT2D eigenvalue weighted by Gasteiger charge is -2.43. The average molecular weight is 460 g/mol. The summed E-state index contributed by atoms with van der Waals surface area (Å²) < 4.78 is 27.6. The molecule has 1 amide bonds. The van der Waals surface area contributed by atoms with Gasteiger partial charge in [-0.1, -0.05) is 20.3 Å². The maximum Gasteiger partial charge on any atom is 0.303 e. The molecular weight excluding hydrogens is 422 g/mol. The fourth-order valence-corrected chi connectivity index (χ4v) is 3.34. The quantitative estimate of drug-likeness (QED) is 0.249. The molecule has 184 valence electrons. The van der Waals surface area contributed by atoms with Crippen molar-refractivity contribution in [3.8, 4) is 0 Å². The van der Waals surface area contributed by atoms with Crippen molar-refractivity contribution in [3.05, 3.63) is 0 Å². The molecule has 0 aliphatic carbocycles. The second-order valence-corrected chi connectivity index (χ2v) is 7.88. The molecule has 0 aromatic carbocycles. The zero-order chi connectivity index (χ0) is 24.1. The Morgan fingerprint density at radius 2 is 1.56 bits per heavy atom. The van der Waals surface area contributed by atoms with Crippen LogP contribution in [0.1, 0.15) is 66.7 Å². The predicted octanol–water partition coefficient (Wildman–Crippen LogP) is 1.88. The maximum absolute atomic E-state index is 11.8. The molecule has 1 fully saturated rings. The van der Waals surface area contributed by atoms with Gasteiger partial charge in [-0.2, -0.15) is 0 Å². The maximum atomic E-state index is 11.8. The highest BCUT2D eigenvalue weighted by Crippen LogP contribution is 2.31. The molecule has 0 saturated carbocycles. The van der Waals surface area contributed by atoms with Crippen LogP contribution < -0.4 is 5.32 Å². The molecule has 0 radical (unpaired) electrons. The molecule has 1 saturated heterocycles. The molecule has 5 atom stereocenters. The number of nitrogens with one attached hydrogen (secondary N) is 1. The summed E-state index contributed by atoms with van der Waals surface area (Å²) in [7, 11) is 0. The van der Waals surface area contributed by atoms with Crippen LogP contribution in [0.5, 0.6) is 0 Å². The monoisotopic (exact) mass is 459 g/mol. The van der Waals surface area contributed by atoms with Gasteiger partial charge >= 0.3 is 17.9 Å². The summed E-state index contributed by atoms with van der Waals surface area (Å²) in [6.07, 6.45) is 0.262. The zero-order valence-corrected chi connectivity index (χ0v) is 19.7. The summed E-state index contributed by atoms with van der Waals surface area (Å²) >= 11 is 0. The number of rotatable bonds is 13. The number of unbranched alkanes of at least 4 members (excludes halogenated alkanes) is 2. The van der Waals surface area contributed by atoms with Crippen molar-refractivity contribution in [3.63, 3.8) is 0 Å². The van der Waals surface area contributed by atoms with E-state index in [1.807, 2.05) is 0 Å². The topological polar surface area (TPSA) is 126 Å². The van der Waals surface area contributed by atoms with Crippen LogP contribution in [0.15, 0.2) is 0 Å². The van der Waals surface area contributed by atoms with E-state index in [1.165, 1.54) is 20.8 Å². The molecule has 1 aliphatic rings. The van der Waals surface area contributed by atoms with Gasteiger partial charge in [0.25, 0.3) is 0 Å². The fraction of sp³-hybridized carbons (Fsp3) is 0.818. The van der Waals surface area contributed by atoms with Crippen LogP contribution in [0.2, 0.25) is 0 Å². The van der Waals surface area contributed by atoms with E-state index in [4.69, 9.17) is 23.7 Å². The van der Waals surface area contributed by atoms with Gasteiger partial charge in [-0.05, 0) is 19.3 Å². The highest BCUT2D eigenvalue weighted by Gasteiger charge is 2.48. The summed E-state index contributed by atoms with van der Waals surface area (Å²) in [5, 5.41) is 2.87. The normalized spacial score (nSPS) is 25.0. The SMILES string of the molecule is CCCCNC(=O)CCCCO[C@@H]1O[C@H](COC(C)=O)[C@H](OC(C)=O)[C@H](OC(C)=O)[C@H]1C. The number of carbonyl (C=O) groups is 4. The van der Waals surface area contributed by atoms with E-state index in [2.05, 4.69) is 12.2 Å². The van der Waals surface area contributed by atoms with Gasteiger partial charge in [0.2, 0.25) is 5.91 Å². The van der Waals surface area contributed by atoms with E-state index in [-0.39, 0.29) is 12.5 Å². The van der Waals surface area contributed by atoms with Gasteiger partial charge < -0.3 is 29.0 Å². The molecule has 1 aliphatic heterocycles. The molecule has 10 heteroatoms. The summed E-state index contributed by atoms with van der Waals surface area (Å²) in [6, 6.07) is 0. The molecule has 0 spiro atoms. The summed E-state index contributed by atoms with van der Waals surface area (Å²) in [4.78, 5) is 46.3. The lowest BCUT2D eigenvalue weighted by Crippen LogP contribution is -2.58. The molecule has 10 nitrogen and oxygen atoms in total. The minimum atomic E-state index is -0.947. The van der Waals surface area contributed by atoms with Crippen LogP contribution in [0, 0.1) is 5.92 Å². The van der Waals surface area contributed by atoms with Gasteiger partial charge in [-0.3, -0.25) is 19.2 Å². The molecular formula is C22H37NO9. The van der Waals surface area contributed by atoms with E-state index in [0.29, 0.717) is 32.4 Å². The van der Waals surface area contributed by atoms with Crippen LogP contribution in [0.4, 0.5) is 0 Å². The Morgan fingerprint density at radius 3 is 2.16 bits per heavy atom. The molecule has 0 unspecified atom stereocenters. The molecule has 0 bridgehead atoms. The Balaban J connectivity index is 2.69. The highest BCUT2D eigenvalue weighted by molar-refractivity contribution is 5.75. The summed E-state index contributed by atoms with van der Waals surface area (Å²) in [6.45, 7) is 8.40. The van der Waals surface area contributed by atoms with E-state index in [1.54, 1.807) is 6.92 Å². The number of ether oxygens (including phenoxy) is 5. The Labute approximate surface area is 189 Å². The Hall–Kier alpha value is -2.20. The molecule has 1 heterocycles. The van der Waals surface area contributed by atoms with E-state index in [9.17, 15) is 19.2 Å². The molecule has 32 heavy (non-hydrogen) atoms. The van der Waals surface area contributed by atoms with Gasteiger partial charge in [0.05, 0.1) is 0 Å². The van der Waals surface area contributed by atoms with Crippen molar-refractivity contribution in [2.75, 3.05) is 19.8 Å². The fourth-order valence-electron chi connectivity index (χ4n) is 3.34. The number of esters is 3. The summed E-state index contributed by atoms with van der Waals surface area (Å²) in [5.41, 5.74) is 0. The number of amides is 1.